The number of hydrogen-bond acceptors (Lipinski definition) is 3. The molecule has 0 amide bonds. The summed E-state index contributed by atoms with van der Waals surface area (Å²) < 4.78 is 1.98. The minimum atomic E-state index is -0.843. The van der Waals surface area contributed by atoms with Crippen molar-refractivity contribution in [3.05, 3.63) is 53.3 Å². The number of anilines is 1. The second-order valence-corrected chi connectivity index (χ2v) is 5.25. The van der Waals surface area contributed by atoms with Gasteiger partial charge in [0.05, 0.1) is 11.6 Å². The largest absolute Gasteiger partial charge is 0.480 e. The summed E-state index contributed by atoms with van der Waals surface area (Å²) in [6, 6.07) is 10.6. The number of benzene rings is 1. The lowest BCUT2D eigenvalue weighted by molar-refractivity contribution is -0.138. The fraction of sp³-hybridized carbons (Fsp3) is 0.250. The summed E-state index contributed by atoms with van der Waals surface area (Å²) >= 11 is 0. The van der Waals surface area contributed by atoms with Crippen LogP contribution in [-0.4, -0.2) is 21.7 Å². The maximum absolute atomic E-state index is 11.6. The highest BCUT2D eigenvalue weighted by molar-refractivity contribution is 5.79. The summed E-state index contributed by atoms with van der Waals surface area (Å²) in [5.74, 6) is -0.843. The van der Waals surface area contributed by atoms with E-state index in [0.29, 0.717) is 18.5 Å². The third-order valence-electron chi connectivity index (χ3n) is 3.99. The zero-order valence-electron chi connectivity index (χ0n) is 11.7. The first kappa shape index (κ1) is 13.3. The van der Waals surface area contributed by atoms with Gasteiger partial charge in [0.1, 0.15) is 6.04 Å². The van der Waals surface area contributed by atoms with Crippen LogP contribution < -0.4 is 4.90 Å². The van der Waals surface area contributed by atoms with Crippen LogP contribution in [0.1, 0.15) is 16.8 Å². The van der Waals surface area contributed by atoms with Crippen molar-refractivity contribution < 1.29 is 9.90 Å². The Kier molecular flexibility index (Phi) is 3.15. The van der Waals surface area contributed by atoms with Gasteiger partial charge in [-0.3, -0.25) is 0 Å². The Labute approximate surface area is 122 Å². The maximum atomic E-state index is 11.6. The fourth-order valence-electron chi connectivity index (χ4n) is 2.87. The van der Waals surface area contributed by atoms with Crippen LogP contribution in [0.25, 0.3) is 0 Å². The Bertz CT molecular complexity index is 742. The van der Waals surface area contributed by atoms with Gasteiger partial charge in [-0.1, -0.05) is 6.07 Å². The molecule has 5 heteroatoms. The molecule has 1 N–H and O–H groups in total. The molecule has 21 heavy (non-hydrogen) atoms. The van der Waals surface area contributed by atoms with Gasteiger partial charge in [-0.15, -0.1) is 0 Å². The number of carboxylic acid groups (broad SMARTS) is 1. The molecule has 0 spiro atoms. The lowest BCUT2D eigenvalue weighted by atomic mass is 9.99. The normalized spacial score (nSPS) is 17.1. The number of carboxylic acids is 1. The van der Waals surface area contributed by atoms with Crippen LogP contribution in [0.2, 0.25) is 0 Å². The van der Waals surface area contributed by atoms with Gasteiger partial charge >= 0.3 is 5.97 Å². The number of nitrogens with zero attached hydrogens (tertiary/aromatic N) is 3. The number of aryl methyl sites for hydroxylation is 1. The second-order valence-electron chi connectivity index (χ2n) is 5.25. The van der Waals surface area contributed by atoms with Crippen molar-refractivity contribution in [3.63, 3.8) is 0 Å². The van der Waals surface area contributed by atoms with E-state index < -0.39 is 12.0 Å². The van der Waals surface area contributed by atoms with Gasteiger partial charge in [0, 0.05) is 37.6 Å². The number of nitriles is 1. The van der Waals surface area contributed by atoms with Crippen LogP contribution in [0.5, 0.6) is 0 Å². The van der Waals surface area contributed by atoms with Gasteiger partial charge in [0.25, 0.3) is 0 Å². The molecule has 0 saturated heterocycles. The summed E-state index contributed by atoms with van der Waals surface area (Å²) in [7, 11) is 1.93. The van der Waals surface area contributed by atoms with E-state index in [1.54, 1.807) is 18.2 Å². The number of carbonyl (C=O) groups is 1. The smallest absolute Gasteiger partial charge is 0.326 e. The average Bonchev–Trinajstić information content (AvgIpc) is 2.87. The van der Waals surface area contributed by atoms with Crippen molar-refractivity contribution in [2.24, 2.45) is 7.05 Å². The van der Waals surface area contributed by atoms with Crippen molar-refractivity contribution >= 4 is 11.7 Å². The fourth-order valence-corrected chi connectivity index (χ4v) is 2.87. The molecular weight excluding hydrogens is 266 g/mol. The van der Waals surface area contributed by atoms with Gasteiger partial charge in [0.15, 0.2) is 0 Å². The molecule has 106 valence electrons. The van der Waals surface area contributed by atoms with Crippen molar-refractivity contribution in [1.82, 2.24) is 4.57 Å². The molecule has 0 fully saturated rings. The molecule has 5 nitrogen and oxygen atoms in total. The van der Waals surface area contributed by atoms with Crippen molar-refractivity contribution in [3.8, 4) is 6.07 Å². The molecule has 1 aliphatic heterocycles. The van der Waals surface area contributed by atoms with Crippen LogP contribution >= 0.6 is 0 Å². The zero-order valence-corrected chi connectivity index (χ0v) is 11.7. The summed E-state index contributed by atoms with van der Waals surface area (Å²) in [6.07, 6.45) is 2.42. The SMILES string of the molecule is Cn1ccc2c1CC(C(=O)O)N(c1cccc(C#N)c1)C2. The van der Waals surface area contributed by atoms with E-state index in [9.17, 15) is 9.90 Å². The highest BCUT2D eigenvalue weighted by Gasteiger charge is 2.33. The van der Waals surface area contributed by atoms with E-state index in [1.807, 2.05) is 34.8 Å². The van der Waals surface area contributed by atoms with E-state index in [0.717, 1.165) is 16.9 Å². The van der Waals surface area contributed by atoms with Crippen LogP contribution in [0, 0.1) is 11.3 Å². The van der Waals surface area contributed by atoms with Crippen molar-refractivity contribution in [2.45, 2.75) is 19.0 Å². The van der Waals surface area contributed by atoms with Gasteiger partial charge in [-0.2, -0.15) is 5.26 Å². The molecule has 1 aliphatic rings. The van der Waals surface area contributed by atoms with Crippen LogP contribution in [0.15, 0.2) is 36.5 Å². The minimum Gasteiger partial charge on any atom is -0.480 e. The van der Waals surface area contributed by atoms with Crippen LogP contribution in [0.4, 0.5) is 5.69 Å². The number of aliphatic carboxylic acids is 1. The lowest BCUT2D eigenvalue weighted by Crippen LogP contribution is -2.46. The standard InChI is InChI=1S/C16H15N3O2/c1-18-6-5-12-10-19(15(16(20)21)8-14(12)18)13-4-2-3-11(7-13)9-17/h2-7,15H,8,10H2,1H3,(H,20,21). The third-order valence-corrected chi connectivity index (χ3v) is 3.99. The Hall–Kier alpha value is -2.74. The number of rotatable bonds is 2. The summed E-state index contributed by atoms with van der Waals surface area (Å²) in [5, 5.41) is 18.5. The monoisotopic (exact) mass is 281 g/mol. The average molecular weight is 281 g/mol. The Morgan fingerprint density at radius 1 is 1.43 bits per heavy atom. The molecule has 0 aliphatic carbocycles. The van der Waals surface area contributed by atoms with Crippen LogP contribution in [-0.2, 0) is 24.8 Å². The zero-order chi connectivity index (χ0) is 15.0. The Morgan fingerprint density at radius 3 is 2.95 bits per heavy atom. The molecule has 0 saturated carbocycles. The molecule has 0 bridgehead atoms. The molecule has 1 aromatic carbocycles. The van der Waals surface area contributed by atoms with Crippen molar-refractivity contribution in [2.75, 3.05) is 4.90 Å². The van der Waals surface area contributed by atoms with E-state index in [1.165, 1.54) is 0 Å². The van der Waals surface area contributed by atoms with Crippen LogP contribution in [0.3, 0.4) is 0 Å². The summed E-state index contributed by atoms with van der Waals surface area (Å²) in [5.41, 5.74) is 3.51. The molecular formula is C16H15N3O2. The predicted molar refractivity (Wildman–Crippen MR) is 77.9 cm³/mol. The van der Waals surface area contributed by atoms with E-state index >= 15 is 0 Å². The first-order chi connectivity index (χ1) is 10.1. The molecule has 1 unspecified atom stereocenters. The van der Waals surface area contributed by atoms with Gasteiger partial charge < -0.3 is 14.6 Å². The third kappa shape index (κ3) is 2.25. The summed E-state index contributed by atoms with van der Waals surface area (Å²) in [6.45, 7) is 0.544. The van der Waals surface area contributed by atoms with Gasteiger partial charge in [-0.25, -0.2) is 4.79 Å². The molecule has 1 atom stereocenters. The number of fused-ring (bicyclic) bond motifs is 1. The number of hydrogen-bond donors (Lipinski definition) is 1. The number of aromatic nitrogens is 1. The topological polar surface area (TPSA) is 69.3 Å². The quantitative estimate of drug-likeness (QED) is 0.913. The second kappa shape index (κ2) is 4.98. The highest BCUT2D eigenvalue weighted by Crippen LogP contribution is 2.29. The van der Waals surface area contributed by atoms with Gasteiger partial charge in [0.2, 0.25) is 0 Å². The molecule has 2 heterocycles. The first-order valence-electron chi connectivity index (χ1n) is 6.73. The van der Waals surface area contributed by atoms with Gasteiger partial charge in [-0.05, 0) is 29.8 Å². The molecule has 2 aromatic rings. The van der Waals surface area contributed by atoms with E-state index in [-0.39, 0.29) is 0 Å². The molecule has 3 rings (SSSR count). The molecule has 1 aromatic heterocycles. The van der Waals surface area contributed by atoms with Crippen molar-refractivity contribution in [1.29, 1.82) is 5.26 Å². The van der Waals surface area contributed by atoms with E-state index in [4.69, 9.17) is 5.26 Å². The predicted octanol–water partition coefficient (Wildman–Crippen LogP) is 1.91. The minimum absolute atomic E-state index is 0.463. The Morgan fingerprint density at radius 2 is 2.24 bits per heavy atom. The maximum Gasteiger partial charge on any atom is 0.326 e. The summed E-state index contributed by atoms with van der Waals surface area (Å²) in [4.78, 5) is 13.5. The lowest BCUT2D eigenvalue weighted by Gasteiger charge is -2.35. The first-order valence-corrected chi connectivity index (χ1v) is 6.73. The Balaban J connectivity index is 2.03. The highest BCUT2D eigenvalue weighted by atomic mass is 16.4. The molecule has 0 radical (unpaired) electrons. The van der Waals surface area contributed by atoms with E-state index in [2.05, 4.69) is 6.07 Å².